The maximum Gasteiger partial charge on any atom is 0.231 e. The Kier molecular flexibility index (Phi) is 3.34. The second-order valence-electron chi connectivity index (χ2n) is 5.21. The van der Waals surface area contributed by atoms with E-state index in [9.17, 15) is 0 Å². The van der Waals surface area contributed by atoms with Crippen LogP contribution in [0.5, 0.6) is 11.5 Å². The van der Waals surface area contributed by atoms with E-state index in [1.165, 1.54) is 0 Å². The lowest BCUT2D eigenvalue weighted by atomic mass is 10.2. The van der Waals surface area contributed by atoms with Gasteiger partial charge in [-0.05, 0) is 12.1 Å². The topological polar surface area (TPSA) is 75.2 Å². The quantitative estimate of drug-likeness (QED) is 0.743. The van der Waals surface area contributed by atoms with Gasteiger partial charge in [-0.25, -0.2) is 4.98 Å². The molecule has 0 saturated carbocycles. The first-order valence-corrected chi connectivity index (χ1v) is 7.63. The minimum absolute atomic E-state index is 0.238. The zero-order chi connectivity index (χ0) is 15.8. The molecule has 0 amide bonds. The number of hydrogen-bond acceptors (Lipinski definition) is 5. The number of hydrogen-bond donors (Lipinski definition) is 1. The fraction of sp³-hybridized carbons (Fsp3) is 0.188. The number of aromatic nitrogens is 3. The Morgan fingerprint density at radius 2 is 2.09 bits per heavy atom. The lowest BCUT2D eigenvalue weighted by Gasteiger charge is -2.08. The van der Waals surface area contributed by atoms with Gasteiger partial charge in [0.2, 0.25) is 6.79 Å². The molecule has 4 rings (SSSR count). The molecule has 0 bridgehead atoms. The van der Waals surface area contributed by atoms with Crippen LogP contribution in [0.1, 0.15) is 6.42 Å². The van der Waals surface area contributed by atoms with Gasteiger partial charge in [0, 0.05) is 31.3 Å². The second kappa shape index (κ2) is 5.51. The molecular weight excluding hydrogens is 312 g/mol. The molecule has 2 N–H and O–H groups in total. The summed E-state index contributed by atoms with van der Waals surface area (Å²) in [4.78, 5) is 9.59. The maximum absolute atomic E-state index is 5.67. The highest BCUT2D eigenvalue weighted by Gasteiger charge is 2.20. The molecular formula is C16H14N4O2S. The molecule has 1 aromatic carbocycles. The highest BCUT2D eigenvalue weighted by molar-refractivity contribution is 7.80. The summed E-state index contributed by atoms with van der Waals surface area (Å²) in [5.74, 6) is 2.21. The van der Waals surface area contributed by atoms with E-state index in [1.54, 1.807) is 6.20 Å². The molecule has 3 heterocycles. The van der Waals surface area contributed by atoms with Crippen LogP contribution in [0.25, 0.3) is 22.6 Å². The molecule has 3 aromatic rings. The van der Waals surface area contributed by atoms with Crippen LogP contribution in [-0.2, 0) is 6.54 Å². The zero-order valence-electron chi connectivity index (χ0n) is 12.2. The van der Waals surface area contributed by atoms with Gasteiger partial charge >= 0.3 is 0 Å². The number of thiocarbonyl (C=S) groups is 1. The van der Waals surface area contributed by atoms with Crippen LogP contribution in [-0.4, -0.2) is 26.3 Å². The molecule has 0 radical (unpaired) electrons. The van der Waals surface area contributed by atoms with E-state index in [2.05, 4.69) is 9.55 Å². The van der Waals surface area contributed by atoms with Crippen LogP contribution in [0.3, 0.4) is 0 Å². The molecule has 23 heavy (non-hydrogen) atoms. The van der Waals surface area contributed by atoms with Crippen molar-refractivity contribution in [1.82, 2.24) is 14.5 Å². The number of rotatable bonds is 4. The third-order valence-electron chi connectivity index (χ3n) is 3.72. The van der Waals surface area contributed by atoms with Crippen LogP contribution >= 0.6 is 12.2 Å². The van der Waals surface area contributed by atoms with Crippen LogP contribution < -0.4 is 15.2 Å². The fourth-order valence-corrected chi connectivity index (χ4v) is 2.75. The summed E-state index contributed by atoms with van der Waals surface area (Å²) >= 11 is 5.01. The third kappa shape index (κ3) is 2.49. The molecule has 0 unspecified atom stereocenters. The highest BCUT2D eigenvalue weighted by Crippen LogP contribution is 2.37. The minimum atomic E-state index is 0.238. The monoisotopic (exact) mass is 326 g/mol. The number of nitrogens with two attached hydrogens (primary N) is 1. The van der Waals surface area contributed by atoms with E-state index in [0.717, 1.165) is 28.3 Å². The number of pyridine rings is 1. The van der Waals surface area contributed by atoms with Gasteiger partial charge in [0.1, 0.15) is 5.69 Å². The summed E-state index contributed by atoms with van der Waals surface area (Å²) in [6.07, 6.45) is 2.34. The number of imidazole rings is 1. The lowest BCUT2D eigenvalue weighted by molar-refractivity contribution is 0.174. The Morgan fingerprint density at radius 1 is 1.26 bits per heavy atom. The van der Waals surface area contributed by atoms with Gasteiger partial charge in [0.15, 0.2) is 17.3 Å². The van der Waals surface area contributed by atoms with E-state index < -0.39 is 0 Å². The molecule has 6 nitrogen and oxygen atoms in total. The largest absolute Gasteiger partial charge is 0.454 e. The Bertz CT molecular complexity index is 892. The lowest BCUT2D eigenvalue weighted by Crippen LogP contribution is -2.12. The molecule has 7 heteroatoms. The summed E-state index contributed by atoms with van der Waals surface area (Å²) in [5, 5.41) is 0. The maximum atomic E-state index is 5.67. The fourth-order valence-electron chi connectivity index (χ4n) is 2.65. The van der Waals surface area contributed by atoms with E-state index in [4.69, 9.17) is 32.4 Å². The van der Waals surface area contributed by atoms with E-state index in [-0.39, 0.29) is 6.79 Å². The van der Waals surface area contributed by atoms with Gasteiger partial charge in [-0.15, -0.1) is 0 Å². The summed E-state index contributed by atoms with van der Waals surface area (Å²) in [6, 6.07) is 9.57. The summed E-state index contributed by atoms with van der Waals surface area (Å²) < 4.78 is 13.0. The zero-order valence-corrected chi connectivity index (χ0v) is 13.0. The molecule has 2 aromatic heterocycles. The first kappa shape index (κ1) is 14.0. The highest BCUT2D eigenvalue weighted by atomic mass is 32.1. The molecule has 116 valence electrons. The summed E-state index contributed by atoms with van der Waals surface area (Å²) in [5.41, 5.74) is 8.25. The van der Waals surface area contributed by atoms with Gasteiger partial charge in [-0.3, -0.25) is 4.98 Å². The van der Waals surface area contributed by atoms with Crippen molar-refractivity contribution in [3.63, 3.8) is 0 Å². The van der Waals surface area contributed by atoms with Gasteiger partial charge in [-0.2, -0.15) is 0 Å². The molecule has 0 spiro atoms. The van der Waals surface area contributed by atoms with Crippen LogP contribution in [0.2, 0.25) is 0 Å². The first-order chi connectivity index (χ1) is 11.2. The van der Waals surface area contributed by atoms with Crippen molar-refractivity contribution in [3.8, 4) is 23.0 Å². The standard InChI is InChI=1S/C16H14N4O2S/c17-15(23)4-6-20-12-8-14-13(21-9-22-14)7-11(12)19-16(20)10-3-1-2-5-18-10/h1-3,5,7-8H,4,6,9H2,(H2,17,23). The number of aryl methyl sites for hydroxylation is 1. The minimum Gasteiger partial charge on any atom is -0.454 e. The predicted molar refractivity (Wildman–Crippen MR) is 90.5 cm³/mol. The normalized spacial score (nSPS) is 12.7. The van der Waals surface area contributed by atoms with Crippen molar-refractivity contribution < 1.29 is 9.47 Å². The smallest absolute Gasteiger partial charge is 0.231 e. The first-order valence-electron chi connectivity index (χ1n) is 7.22. The number of nitrogens with zero attached hydrogens (tertiary/aromatic N) is 3. The SMILES string of the molecule is NC(=S)CCn1c(-c2ccccn2)nc2cc3c(cc21)OCO3. The summed E-state index contributed by atoms with van der Waals surface area (Å²) in [7, 11) is 0. The van der Waals surface area contributed by atoms with Gasteiger partial charge in [-0.1, -0.05) is 18.3 Å². The summed E-state index contributed by atoms with van der Waals surface area (Å²) in [6.45, 7) is 0.874. The molecule has 0 aliphatic carbocycles. The van der Waals surface area contributed by atoms with Crippen molar-refractivity contribution in [2.24, 2.45) is 5.73 Å². The van der Waals surface area contributed by atoms with Crippen LogP contribution in [0.15, 0.2) is 36.5 Å². The van der Waals surface area contributed by atoms with E-state index in [0.29, 0.717) is 23.7 Å². The Morgan fingerprint density at radius 3 is 2.83 bits per heavy atom. The third-order valence-corrected chi connectivity index (χ3v) is 3.92. The second-order valence-corrected chi connectivity index (χ2v) is 5.74. The van der Waals surface area contributed by atoms with Crippen molar-refractivity contribution in [2.75, 3.05) is 6.79 Å². The molecule has 0 fully saturated rings. The Hall–Kier alpha value is -2.67. The Labute approximate surface area is 137 Å². The van der Waals surface area contributed by atoms with Crippen molar-refractivity contribution >= 4 is 28.2 Å². The van der Waals surface area contributed by atoms with Gasteiger partial charge in [0.25, 0.3) is 0 Å². The van der Waals surface area contributed by atoms with E-state index >= 15 is 0 Å². The van der Waals surface area contributed by atoms with E-state index in [1.807, 2.05) is 30.3 Å². The molecule has 0 atom stereocenters. The number of fused-ring (bicyclic) bond motifs is 2. The molecule has 1 aliphatic heterocycles. The van der Waals surface area contributed by atoms with Gasteiger partial charge < -0.3 is 19.8 Å². The Balaban J connectivity index is 1.90. The van der Waals surface area contributed by atoms with Crippen LogP contribution in [0.4, 0.5) is 0 Å². The van der Waals surface area contributed by atoms with Crippen LogP contribution in [0, 0.1) is 0 Å². The number of ether oxygens (including phenoxy) is 2. The predicted octanol–water partition coefficient (Wildman–Crippen LogP) is 2.50. The van der Waals surface area contributed by atoms with Crippen molar-refractivity contribution in [2.45, 2.75) is 13.0 Å². The van der Waals surface area contributed by atoms with Crippen molar-refractivity contribution in [1.29, 1.82) is 0 Å². The average Bonchev–Trinajstić information content (AvgIpc) is 3.15. The number of benzene rings is 1. The van der Waals surface area contributed by atoms with Gasteiger partial charge in [0.05, 0.1) is 16.0 Å². The molecule has 0 saturated heterocycles. The average molecular weight is 326 g/mol. The molecule has 1 aliphatic rings. The van der Waals surface area contributed by atoms with Crippen molar-refractivity contribution in [3.05, 3.63) is 36.5 Å².